The van der Waals surface area contributed by atoms with Crippen LogP contribution in [0.5, 0.6) is 5.75 Å². The van der Waals surface area contributed by atoms with Crippen molar-refractivity contribution in [3.63, 3.8) is 0 Å². The predicted octanol–water partition coefficient (Wildman–Crippen LogP) is 2.53. The van der Waals surface area contributed by atoms with E-state index in [-0.39, 0.29) is 5.91 Å². The van der Waals surface area contributed by atoms with E-state index in [2.05, 4.69) is 21.2 Å². The third-order valence-corrected chi connectivity index (χ3v) is 2.74. The Balaban J connectivity index is 2.36. The van der Waals surface area contributed by atoms with Gasteiger partial charge in [-0.25, -0.2) is 0 Å². The number of ether oxygens (including phenoxy) is 1. The third-order valence-electron chi connectivity index (χ3n) is 2.29. The van der Waals surface area contributed by atoms with E-state index in [1.165, 1.54) is 0 Å². The summed E-state index contributed by atoms with van der Waals surface area (Å²) in [5, 5.41) is 3.27. The summed E-state index contributed by atoms with van der Waals surface area (Å²) in [6, 6.07) is 5.81. The molecule has 0 aliphatic heterocycles. The molecule has 1 rings (SSSR count). The number of nitrogens with one attached hydrogen (secondary N) is 1. The Bertz CT molecular complexity index is 383. The summed E-state index contributed by atoms with van der Waals surface area (Å²) in [6.07, 6.45) is 2.18. The predicted molar refractivity (Wildman–Crippen MR) is 72.2 cm³/mol. The van der Waals surface area contributed by atoms with Crippen LogP contribution in [0.15, 0.2) is 22.7 Å². The molecular weight excluding hydrogens is 284 g/mol. The first-order valence-electron chi connectivity index (χ1n) is 5.48. The molecule has 0 saturated heterocycles. The van der Waals surface area contributed by atoms with Crippen molar-refractivity contribution in [2.75, 3.05) is 19.0 Å². The molecule has 1 amide bonds. The highest BCUT2D eigenvalue weighted by atomic mass is 79.9. The van der Waals surface area contributed by atoms with Gasteiger partial charge >= 0.3 is 0 Å². The van der Waals surface area contributed by atoms with Gasteiger partial charge in [0.15, 0.2) is 0 Å². The number of anilines is 1. The maximum atomic E-state index is 10.5. The molecule has 0 fully saturated rings. The maximum Gasteiger partial charge on any atom is 0.217 e. The minimum Gasteiger partial charge on any atom is -0.497 e. The van der Waals surface area contributed by atoms with E-state index >= 15 is 0 Å². The van der Waals surface area contributed by atoms with Crippen molar-refractivity contribution in [3.8, 4) is 5.75 Å². The fourth-order valence-electron chi connectivity index (χ4n) is 1.44. The van der Waals surface area contributed by atoms with Crippen LogP contribution in [0, 0.1) is 0 Å². The van der Waals surface area contributed by atoms with Gasteiger partial charge in [-0.05, 0) is 25.0 Å². The molecular formula is C12H17BrN2O2. The summed E-state index contributed by atoms with van der Waals surface area (Å²) in [6.45, 7) is 0.812. The maximum absolute atomic E-state index is 10.5. The van der Waals surface area contributed by atoms with Crippen LogP contribution in [0.2, 0.25) is 0 Å². The van der Waals surface area contributed by atoms with Crippen molar-refractivity contribution in [1.82, 2.24) is 0 Å². The molecule has 1 aromatic rings. The molecule has 0 radical (unpaired) electrons. The summed E-state index contributed by atoms with van der Waals surface area (Å²) >= 11 is 3.41. The zero-order chi connectivity index (χ0) is 12.7. The van der Waals surface area contributed by atoms with Crippen LogP contribution in [0.3, 0.4) is 0 Å². The first-order valence-corrected chi connectivity index (χ1v) is 6.28. The normalized spacial score (nSPS) is 10.0. The second-order valence-electron chi connectivity index (χ2n) is 3.73. The first kappa shape index (κ1) is 13.8. The zero-order valence-corrected chi connectivity index (χ0v) is 11.4. The van der Waals surface area contributed by atoms with Crippen LogP contribution in [-0.4, -0.2) is 19.6 Å². The van der Waals surface area contributed by atoms with Gasteiger partial charge in [0.05, 0.1) is 7.11 Å². The number of benzene rings is 1. The molecule has 17 heavy (non-hydrogen) atoms. The van der Waals surface area contributed by atoms with Gasteiger partial charge < -0.3 is 15.8 Å². The molecule has 0 heterocycles. The molecule has 0 aromatic heterocycles. The largest absolute Gasteiger partial charge is 0.497 e. The van der Waals surface area contributed by atoms with Gasteiger partial charge in [0.1, 0.15) is 5.75 Å². The van der Waals surface area contributed by atoms with Crippen molar-refractivity contribution in [3.05, 3.63) is 22.7 Å². The molecule has 0 aliphatic rings. The van der Waals surface area contributed by atoms with Crippen molar-refractivity contribution in [1.29, 1.82) is 0 Å². The number of unbranched alkanes of at least 4 members (excludes halogenated alkanes) is 1. The molecule has 0 saturated carbocycles. The molecule has 0 unspecified atom stereocenters. The number of hydrogen-bond acceptors (Lipinski definition) is 3. The second-order valence-corrected chi connectivity index (χ2v) is 4.65. The Kier molecular flexibility index (Phi) is 5.83. The Morgan fingerprint density at radius 2 is 2.18 bits per heavy atom. The number of carbonyl (C=O) groups excluding carboxylic acids is 1. The summed E-state index contributed by atoms with van der Waals surface area (Å²) in [4.78, 5) is 10.5. The Morgan fingerprint density at radius 3 is 2.82 bits per heavy atom. The van der Waals surface area contributed by atoms with E-state index in [1.54, 1.807) is 7.11 Å². The van der Waals surface area contributed by atoms with Gasteiger partial charge in [-0.1, -0.05) is 15.9 Å². The lowest BCUT2D eigenvalue weighted by molar-refractivity contribution is -0.118. The summed E-state index contributed by atoms with van der Waals surface area (Å²) in [5.74, 6) is 0.563. The average molecular weight is 301 g/mol. The van der Waals surface area contributed by atoms with E-state index in [1.807, 2.05) is 18.2 Å². The molecule has 5 heteroatoms. The third kappa shape index (κ3) is 5.58. The van der Waals surface area contributed by atoms with Gasteiger partial charge in [0.25, 0.3) is 0 Å². The number of halogens is 1. The smallest absolute Gasteiger partial charge is 0.217 e. The average Bonchev–Trinajstić information content (AvgIpc) is 2.27. The fraction of sp³-hybridized carbons (Fsp3) is 0.417. The topological polar surface area (TPSA) is 64.3 Å². The molecule has 0 spiro atoms. The van der Waals surface area contributed by atoms with Gasteiger partial charge in [0.2, 0.25) is 5.91 Å². The van der Waals surface area contributed by atoms with Crippen molar-refractivity contribution in [2.45, 2.75) is 19.3 Å². The number of primary amides is 1. The summed E-state index contributed by atoms with van der Waals surface area (Å²) in [5.41, 5.74) is 6.06. The SMILES string of the molecule is COc1cc(Br)cc(NCCCCC(N)=O)c1. The quantitative estimate of drug-likeness (QED) is 0.761. The number of amides is 1. The van der Waals surface area contributed by atoms with Crippen molar-refractivity contribution < 1.29 is 9.53 Å². The molecule has 1 aromatic carbocycles. The summed E-state index contributed by atoms with van der Waals surface area (Å²) in [7, 11) is 1.64. The lowest BCUT2D eigenvalue weighted by atomic mass is 10.2. The lowest BCUT2D eigenvalue weighted by Gasteiger charge is -2.08. The van der Waals surface area contributed by atoms with Crippen LogP contribution >= 0.6 is 15.9 Å². The molecule has 0 bridgehead atoms. The van der Waals surface area contributed by atoms with Gasteiger partial charge in [-0.2, -0.15) is 0 Å². The van der Waals surface area contributed by atoms with E-state index in [4.69, 9.17) is 10.5 Å². The highest BCUT2D eigenvalue weighted by Crippen LogP contribution is 2.24. The monoisotopic (exact) mass is 300 g/mol. The number of hydrogen-bond donors (Lipinski definition) is 2. The lowest BCUT2D eigenvalue weighted by Crippen LogP contribution is -2.10. The minimum absolute atomic E-state index is 0.242. The molecule has 0 aliphatic carbocycles. The van der Waals surface area contributed by atoms with Crippen LogP contribution in [-0.2, 0) is 4.79 Å². The Morgan fingerprint density at radius 1 is 1.41 bits per heavy atom. The van der Waals surface area contributed by atoms with Gasteiger partial charge in [0, 0.05) is 29.2 Å². The molecule has 94 valence electrons. The van der Waals surface area contributed by atoms with Crippen LogP contribution in [0.25, 0.3) is 0 Å². The Hall–Kier alpha value is -1.23. The highest BCUT2D eigenvalue weighted by molar-refractivity contribution is 9.10. The number of methoxy groups -OCH3 is 1. The van der Waals surface area contributed by atoms with Gasteiger partial charge in [-0.15, -0.1) is 0 Å². The fourth-order valence-corrected chi connectivity index (χ4v) is 1.91. The van der Waals surface area contributed by atoms with Crippen molar-refractivity contribution >= 4 is 27.5 Å². The van der Waals surface area contributed by atoms with E-state index < -0.39 is 0 Å². The molecule has 0 atom stereocenters. The van der Waals surface area contributed by atoms with Crippen LogP contribution in [0.1, 0.15) is 19.3 Å². The number of rotatable bonds is 7. The molecule has 4 nitrogen and oxygen atoms in total. The minimum atomic E-state index is -0.242. The highest BCUT2D eigenvalue weighted by Gasteiger charge is 1.99. The Labute approximate surface area is 110 Å². The number of nitrogens with two attached hydrogens (primary N) is 1. The van der Waals surface area contributed by atoms with Crippen LogP contribution < -0.4 is 15.8 Å². The van der Waals surface area contributed by atoms with E-state index in [9.17, 15) is 4.79 Å². The molecule has 3 N–H and O–H groups in total. The first-order chi connectivity index (χ1) is 8.11. The zero-order valence-electron chi connectivity index (χ0n) is 9.83. The van der Waals surface area contributed by atoms with Crippen molar-refractivity contribution in [2.24, 2.45) is 5.73 Å². The second kappa shape index (κ2) is 7.17. The van der Waals surface area contributed by atoms with E-state index in [0.29, 0.717) is 6.42 Å². The number of carbonyl (C=O) groups is 1. The van der Waals surface area contributed by atoms with Crippen LogP contribution in [0.4, 0.5) is 5.69 Å². The van der Waals surface area contributed by atoms with E-state index in [0.717, 1.165) is 35.3 Å². The summed E-state index contributed by atoms with van der Waals surface area (Å²) < 4.78 is 6.13. The van der Waals surface area contributed by atoms with Gasteiger partial charge in [-0.3, -0.25) is 4.79 Å². The standard InChI is InChI=1S/C12H17BrN2O2/c1-17-11-7-9(13)6-10(8-11)15-5-3-2-4-12(14)16/h6-8,15H,2-5H2,1H3,(H2,14,16).